The van der Waals surface area contributed by atoms with E-state index in [0.29, 0.717) is 0 Å². The standard InChI is InChI=1S/C6H11N3O5/c10-5(11)3-7-1-2-9(8-14)4-6(12)13/h7H,1-4H2,(H,10,11)(H,12,13). The summed E-state index contributed by atoms with van der Waals surface area (Å²) in [5, 5.41) is 22.3. The normalized spacial score (nSPS) is 9.43. The summed E-state index contributed by atoms with van der Waals surface area (Å²) in [6.45, 7) is -0.480. The van der Waals surface area contributed by atoms with Crippen LogP contribution in [0.2, 0.25) is 0 Å². The van der Waals surface area contributed by atoms with E-state index >= 15 is 0 Å². The second-order valence-corrected chi connectivity index (χ2v) is 2.43. The van der Waals surface area contributed by atoms with Gasteiger partial charge in [-0.1, -0.05) is 0 Å². The van der Waals surface area contributed by atoms with E-state index in [0.717, 1.165) is 5.01 Å². The Hall–Kier alpha value is -1.70. The first-order chi connectivity index (χ1) is 6.56. The number of hydrogen-bond acceptors (Lipinski definition) is 5. The number of nitroso groups, excluding NO2 is 1. The Balaban J connectivity index is 3.57. The molecule has 0 aromatic carbocycles. The van der Waals surface area contributed by atoms with Gasteiger partial charge in [0.05, 0.1) is 18.4 Å². The van der Waals surface area contributed by atoms with Crippen LogP contribution in [0.3, 0.4) is 0 Å². The molecular formula is C6H11N3O5. The van der Waals surface area contributed by atoms with E-state index in [2.05, 4.69) is 10.6 Å². The number of aliphatic carboxylic acids is 2. The van der Waals surface area contributed by atoms with Crippen molar-refractivity contribution in [1.29, 1.82) is 0 Å². The fourth-order valence-corrected chi connectivity index (χ4v) is 0.708. The zero-order valence-corrected chi connectivity index (χ0v) is 7.34. The van der Waals surface area contributed by atoms with Crippen molar-refractivity contribution >= 4 is 11.9 Å². The van der Waals surface area contributed by atoms with E-state index in [1.165, 1.54) is 0 Å². The number of rotatable bonds is 8. The molecule has 0 atom stereocenters. The highest BCUT2D eigenvalue weighted by Gasteiger charge is 2.07. The minimum atomic E-state index is -1.16. The van der Waals surface area contributed by atoms with E-state index in [9.17, 15) is 14.5 Å². The molecule has 3 N–H and O–H groups in total. The molecule has 0 amide bonds. The molecule has 0 unspecified atom stereocenters. The molecule has 0 saturated heterocycles. The van der Waals surface area contributed by atoms with Gasteiger partial charge in [0.25, 0.3) is 0 Å². The quantitative estimate of drug-likeness (QED) is 0.256. The van der Waals surface area contributed by atoms with Gasteiger partial charge >= 0.3 is 11.9 Å². The first-order valence-corrected chi connectivity index (χ1v) is 3.78. The second kappa shape index (κ2) is 6.78. The van der Waals surface area contributed by atoms with Crippen LogP contribution in [0.4, 0.5) is 0 Å². The summed E-state index contributed by atoms with van der Waals surface area (Å²) in [6.07, 6.45) is 0. The van der Waals surface area contributed by atoms with E-state index < -0.39 is 18.5 Å². The topological polar surface area (TPSA) is 119 Å². The lowest BCUT2D eigenvalue weighted by atomic mass is 10.5. The number of nitrogens with zero attached hydrogens (tertiary/aromatic N) is 2. The molecule has 0 aliphatic heterocycles. The summed E-state index contributed by atoms with van der Waals surface area (Å²) in [5.74, 6) is -2.18. The van der Waals surface area contributed by atoms with Crippen LogP contribution in [0.5, 0.6) is 0 Å². The Bertz CT molecular complexity index is 220. The van der Waals surface area contributed by atoms with Gasteiger partial charge in [-0.15, -0.1) is 4.91 Å². The van der Waals surface area contributed by atoms with E-state index in [-0.39, 0.29) is 19.6 Å². The first-order valence-electron chi connectivity index (χ1n) is 3.78. The van der Waals surface area contributed by atoms with E-state index in [4.69, 9.17) is 10.2 Å². The maximum absolute atomic E-state index is 10.2. The molecule has 0 saturated carbocycles. The minimum absolute atomic E-state index is 0.0586. The molecule has 0 aromatic rings. The highest BCUT2D eigenvalue weighted by atomic mass is 16.4. The molecule has 0 fully saturated rings. The molecule has 80 valence electrons. The number of carbonyl (C=O) groups is 2. The zero-order chi connectivity index (χ0) is 11.0. The van der Waals surface area contributed by atoms with Gasteiger partial charge in [0.1, 0.15) is 6.54 Å². The summed E-state index contributed by atoms with van der Waals surface area (Å²) >= 11 is 0. The van der Waals surface area contributed by atoms with Crippen molar-refractivity contribution < 1.29 is 19.8 Å². The Kier molecular flexibility index (Phi) is 5.95. The summed E-state index contributed by atoms with van der Waals surface area (Å²) in [5.41, 5.74) is 0. The van der Waals surface area contributed by atoms with Crippen molar-refractivity contribution in [3.63, 3.8) is 0 Å². The molecule has 0 aliphatic rings. The van der Waals surface area contributed by atoms with Crippen LogP contribution in [-0.4, -0.2) is 53.3 Å². The molecule has 8 heteroatoms. The Morgan fingerprint density at radius 2 is 1.93 bits per heavy atom. The first kappa shape index (κ1) is 12.3. The molecule has 0 rings (SSSR count). The van der Waals surface area contributed by atoms with Gasteiger partial charge in [-0.05, 0) is 0 Å². The third-order valence-electron chi connectivity index (χ3n) is 1.26. The second-order valence-electron chi connectivity index (χ2n) is 2.43. The predicted octanol–water partition coefficient (Wildman–Crippen LogP) is -1.27. The van der Waals surface area contributed by atoms with Gasteiger partial charge in [0.15, 0.2) is 0 Å². The SMILES string of the molecule is O=NN(CCNCC(=O)O)CC(=O)O. The smallest absolute Gasteiger partial charge is 0.325 e. The van der Waals surface area contributed by atoms with Crippen LogP contribution < -0.4 is 5.32 Å². The third kappa shape index (κ3) is 6.98. The van der Waals surface area contributed by atoms with Gasteiger partial charge in [-0.25, -0.2) is 5.01 Å². The largest absolute Gasteiger partial charge is 0.480 e. The zero-order valence-electron chi connectivity index (χ0n) is 7.34. The molecule has 8 nitrogen and oxygen atoms in total. The molecule has 0 heterocycles. The van der Waals surface area contributed by atoms with Crippen LogP contribution in [-0.2, 0) is 9.59 Å². The van der Waals surface area contributed by atoms with Crippen molar-refractivity contribution in [2.24, 2.45) is 5.29 Å². The minimum Gasteiger partial charge on any atom is -0.480 e. The Morgan fingerprint density at radius 1 is 1.29 bits per heavy atom. The average molecular weight is 205 g/mol. The fourth-order valence-electron chi connectivity index (χ4n) is 0.708. The van der Waals surface area contributed by atoms with E-state index in [1.807, 2.05) is 0 Å². The van der Waals surface area contributed by atoms with E-state index in [1.54, 1.807) is 0 Å². The van der Waals surface area contributed by atoms with Crippen molar-refractivity contribution in [2.75, 3.05) is 26.2 Å². The fraction of sp³-hybridized carbons (Fsp3) is 0.667. The summed E-state index contributed by atoms with van der Waals surface area (Å²) in [6, 6.07) is 0. The van der Waals surface area contributed by atoms with Crippen LogP contribution in [0.15, 0.2) is 5.29 Å². The number of carboxylic acids is 2. The van der Waals surface area contributed by atoms with Crippen LogP contribution in [0, 0.1) is 4.91 Å². The van der Waals surface area contributed by atoms with Crippen molar-refractivity contribution in [1.82, 2.24) is 10.3 Å². The summed E-state index contributed by atoms with van der Waals surface area (Å²) < 4.78 is 0. The lowest BCUT2D eigenvalue weighted by Crippen LogP contribution is -2.33. The van der Waals surface area contributed by atoms with Gasteiger partial charge in [-0.3, -0.25) is 9.59 Å². The molecule has 0 bridgehead atoms. The highest BCUT2D eigenvalue weighted by molar-refractivity contribution is 5.69. The molecule has 0 spiro atoms. The lowest BCUT2D eigenvalue weighted by molar-refractivity contribution is -0.139. The highest BCUT2D eigenvalue weighted by Crippen LogP contribution is 1.86. The lowest BCUT2D eigenvalue weighted by Gasteiger charge is -2.11. The van der Waals surface area contributed by atoms with Crippen LogP contribution in [0.25, 0.3) is 0 Å². The van der Waals surface area contributed by atoms with Crippen molar-refractivity contribution in [3.05, 3.63) is 4.91 Å². The van der Waals surface area contributed by atoms with Crippen molar-refractivity contribution in [2.45, 2.75) is 0 Å². The van der Waals surface area contributed by atoms with Crippen molar-refractivity contribution in [3.8, 4) is 0 Å². The summed E-state index contributed by atoms with van der Waals surface area (Å²) in [7, 11) is 0. The Morgan fingerprint density at radius 3 is 2.36 bits per heavy atom. The number of carboxylic acid groups (broad SMARTS) is 2. The molecular weight excluding hydrogens is 194 g/mol. The molecule has 14 heavy (non-hydrogen) atoms. The molecule has 0 aliphatic carbocycles. The van der Waals surface area contributed by atoms with Gasteiger partial charge in [-0.2, -0.15) is 0 Å². The monoisotopic (exact) mass is 205 g/mol. The third-order valence-corrected chi connectivity index (χ3v) is 1.26. The van der Waals surface area contributed by atoms with Gasteiger partial charge in [0, 0.05) is 6.54 Å². The molecule has 0 aromatic heterocycles. The van der Waals surface area contributed by atoms with Crippen LogP contribution in [0.1, 0.15) is 0 Å². The van der Waals surface area contributed by atoms with Gasteiger partial charge in [0.2, 0.25) is 0 Å². The van der Waals surface area contributed by atoms with Crippen LogP contribution >= 0.6 is 0 Å². The summed E-state index contributed by atoms with van der Waals surface area (Å²) in [4.78, 5) is 30.2. The number of hydrogen-bond donors (Lipinski definition) is 3. The molecule has 0 radical (unpaired) electrons. The maximum atomic E-state index is 10.2. The number of nitrogens with one attached hydrogen (secondary N) is 1. The predicted molar refractivity (Wildman–Crippen MR) is 45.5 cm³/mol. The Labute approximate surface area is 79.5 Å². The van der Waals surface area contributed by atoms with Gasteiger partial charge < -0.3 is 15.5 Å². The average Bonchev–Trinajstić information content (AvgIpc) is 2.09. The maximum Gasteiger partial charge on any atom is 0.325 e.